The maximum atomic E-state index is 13.0. The molecule has 2 aromatic heterocycles. The van der Waals surface area contributed by atoms with Gasteiger partial charge in [0.1, 0.15) is 17.5 Å². The fourth-order valence-electron chi connectivity index (χ4n) is 3.34. The van der Waals surface area contributed by atoms with E-state index in [0.717, 1.165) is 36.1 Å². The minimum absolute atomic E-state index is 0.0588. The summed E-state index contributed by atoms with van der Waals surface area (Å²) in [4.78, 5) is 33.9. The molecule has 1 aromatic carbocycles. The van der Waals surface area contributed by atoms with Crippen LogP contribution in [0.1, 0.15) is 21.7 Å². The molecule has 0 unspecified atom stereocenters. The number of hydrogen-bond donors (Lipinski definition) is 1. The average Bonchev–Trinajstić information content (AvgIpc) is 2.78. The van der Waals surface area contributed by atoms with E-state index < -0.39 is 0 Å². The number of nitrogens with one attached hydrogen (secondary N) is 1. The maximum absolute atomic E-state index is 13.0. The molecule has 3 aromatic rings. The molecule has 0 radical (unpaired) electrons. The van der Waals surface area contributed by atoms with Crippen molar-refractivity contribution in [3.8, 4) is 0 Å². The molecule has 0 saturated carbocycles. The predicted molar refractivity (Wildman–Crippen MR) is 111 cm³/mol. The van der Waals surface area contributed by atoms with Gasteiger partial charge in [0, 0.05) is 56.9 Å². The van der Waals surface area contributed by atoms with E-state index in [1.54, 1.807) is 24.8 Å². The van der Waals surface area contributed by atoms with E-state index in [4.69, 9.17) is 0 Å². The van der Waals surface area contributed by atoms with Crippen LogP contribution in [0.25, 0.3) is 0 Å². The maximum Gasteiger partial charge on any atom is 0.253 e. The van der Waals surface area contributed by atoms with Gasteiger partial charge >= 0.3 is 0 Å². The van der Waals surface area contributed by atoms with Gasteiger partial charge in [-0.05, 0) is 30.7 Å². The highest BCUT2D eigenvalue weighted by Crippen LogP contribution is 2.15. The first-order valence-corrected chi connectivity index (χ1v) is 9.62. The van der Waals surface area contributed by atoms with E-state index in [1.165, 1.54) is 0 Å². The van der Waals surface area contributed by atoms with Gasteiger partial charge in [-0.25, -0.2) is 15.0 Å². The van der Waals surface area contributed by atoms with E-state index in [9.17, 15) is 4.79 Å². The summed E-state index contributed by atoms with van der Waals surface area (Å²) in [6, 6.07) is 9.57. The van der Waals surface area contributed by atoms with Gasteiger partial charge in [-0.1, -0.05) is 12.1 Å². The van der Waals surface area contributed by atoms with Crippen molar-refractivity contribution in [1.29, 1.82) is 0 Å². The Kier molecular flexibility index (Phi) is 5.60. The number of aromatic nitrogens is 4. The predicted octanol–water partition coefficient (Wildman–Crippen LogP) is 2.15. The van der Waals surface area contributed by atoms with Gasteiger partial charge in [0.2, 0.25) is 0 Å². The normalized spacial score (nSPS) is 14.0. The monoisotopic (exact) mass is 389 g/mol. The number of benzene rings is 1. The fourth-order valence-corrected chi connectivity index (χ4v) is 3.34. The second-order valence-corrected chi connectivity index (χ2v) is 6.89. The van der Waals surface area contributed by atoms with Gasteiger partial charge in [-0.3, -0.25) is 9.78 Å². The Morgan fingerprint density at radius 2 is 1.93 bits per heavy atom. The number of hydrogen-bond acceptors (Lipinski definition) is 7. The van der Waals surface area contributed by atoms with Crippen LogP contribution in [-0.2, 0) is 6.54 Å². The first-order chi connectivity index (χ1) is 14.2. The highest BCUT2D eigenvalue weighted by molar-refractivity contribution is 5.94. The molecule has 1 aliphatic heterocycles. The third kappa shape index (κ3) is 4.66. The highest BCUT2D eigenvalue weighted by atomic mass is 16.2. The first-order valence-electron chi connectivity index (χ1n) is 9.62. The zero-order chi connectivity index (χ0) is 20.1. The van der Waals surface area contributed by atoms with Gasteiger partial charge in [-0.15, -0.1) is 0 Å². The van der Waals surface area contributed by atoms with Gasteiger partial charge in [0.05, 0.1) is 6.20 Å². The van der Waals surface area contributed by atoms with E-state index >= 15 is 0 Å². The third-order valence-corrected chi connectivity index (χ3v) is 4.86. The summed E-state index contributed by atoms with van der Waals surface area (Å²) < 4.78 is 0. The van der Waals surface area contributed by atoms with Crippen LogP contribution in [0.5, 0.6) is 0 Å². The Labute approximate surface area is 169 Å². The van der Waals surface area contributed by atoms with Crippen LogP contribution in [0.3, 0.4) is 0 Å². The first kappa shape index (κ1) is 18.8. The molecule has 1 amide bonds. The molecule has 1 fully saturated rings. The van der Waals surface area contributed by atoms with Crippen molar-refractivity contribution < 1.29 is 4.79 Å². The standard InChI is InChI=1S/C21H23N7O/c1-16-23-6-5-19(26-16)25-14-17-3-2-4-18(13-17)21(29)28-11-9-27(10-12-28)20-15-22-7-8-24-20/h2-8,13,15H,9-12,14H2,1H3,(H,23,25,26). The lowest BCUT2D eigenvalue weighted by atomic mass is 10.1. The molecule has 8 nitrogen and oxygen atoms in total. The van der Waals surface area contributed by atoms with Crippen LogP contribution in [0, 0.1) is 6.92 Å². The van der Waals surface area contributed by atoms with Crippen molar-refractivity contribution in [3.63, 3.8) is 0 Å². The Morgan fingerprint density at radius 3 is 2.69 bits per heavy atom. The quantitative estimate of drug-likeness (QED) is 0.715. The van der Waals surface area contributed by atoms with Crippen molar-refractivity contribution in [2.75, 3.05) is 36.4 Å². The summed E-state index contributed by atoms with van der Waals surface area (Å²) in [5.41, 5.74) is 1.74. The molecule has 29 heavy (non-hydrogen) atoms. The van der Waals surface area contributed by atoms with Crippen molar-refractivity contribution in [3.05, 3.63) is 72.1 Å². The largest absolute Gasteiger partial charge is 0.366 e. The van der Waals surface area contributed by atoms with Crippen molar-refractivity contribution in [2.24, 2.45) is 0 Å². The Hall–Kier alpha value is -3.55. The fraction of sp³-hybridized carbons (Fsp3) is 0.286. The SMILES string of the molecule is Cc1nccc(NCc2cccc(C(=O)N3CCN(c4cnccn4)CC3)c2)n1. The van der Waals surface area contributed by atoms with Crippen LogP contribution in [-0.4, -0.2) is 56.9 Å². The summed E-state index contributed by atoms with van der Waals surface area (Å²) in [7, 11) is 0. The number of carbonyl (C=O) groups is 1. The zero-order valence-electron chi connectivity index (χ0n) is 16.3. The Bertz CT molecular complexity index is 972. The molecular weight excluding hydrogens is 366 g/mol. The Morgan fingerprint density at radius 1 is 1.07 bits per heavy atom. The molecule has 0 atom stereocenters. The number of anilines is 2. The molecule has 1 N–H and O–H groups in total. The number of aryl methyl sites for hydroxylation is 1. The van der Waals surface area contributed by atoms with Gasteiger partial charge in [0.15, 0.2) is 0 Å². The van der Waals surface area contributed by atoms with Crippen LogP contribution in [0.4, 0.5) is 11.6 Å². The van der Waals surface area contributed by atoms with Crippen molar-refractivity contribution in [1.82, 2.24) is 24.8 Å². The number of piperazine rings is 1. The molecule has 3 heterocycles. The van der Waals surface area contributed by atoms with Gasteiger partial charge in [0.25, 0.3) is 5.91 Å². The molecule has 0 aliphatic carbocycles. The van der Waals surface area contributed by atoms with Crippen LogP contribution in [0.15, 0.2) is 55.1 Å². The molecule has 148 valence electrons. The summed E-state index contributed by atoms with van der Waals surface area (Å²) in [5.74, 6) is 2.41. The topological polar surface area (TPSA) is 87.1 Å². The number of carbonyl (C=O) groups excluding carboxylic acids is 1. The lowest BCUT2D eigenvalue weighted by molar-refractivity contribution is 0.0746. The molecule has 8 heteroatoms. The smallest absolute Gasteiger partial charge is 0.253 e. The Balaban J connectivity index is 1.36. The highest BCUT2D eigenvalue weighted by Gasteiger charge is 2.23. The molecule has 4 rings (SSSR count). The summed E-state index contributed by atoms with van der Waals surface area (Å²) >= 11 is 0. The molecule has 1 saturated heterocycles. The van der Waals surface area contributed by atoms with Crippen LogP contribution >= 0.6 is 0 Å². The summed E-state index contributed by atoms with van der Waals surface area (Å²) in [5, 5.41) is 3.28. The molecule has 0 spiro atoms. The van der Waals surface area contributed by atoms with Gasteiger partial charge in [-0.2, -0.15) is 0 Å². The zero-order valence-corrected chi connectivity index (χ0v) is 16.3. The van der Waals surface area contributed by atoms with Crippen LogP contribution < -0.4 is 10.2 Å². The van der Waals surface area contributed by atoms with E-state index in [0.29, 0.717) is 25.2 Å². The van der Waals surface area contributed by atoms with Crippen molar-refractivity contribution >= 4 is 17.5 Å². The number of nitrogens with zero attached hydrogens (tertiary/aromatic N) is 6. The second-order valence-electron chi connectivity index (χ2n) is 6.89. The van der Waals surface area contributed by atoms with Crippen LogP contribution in [0.2, 0.25) is 0 Å². The molecular formula is C21H23N7O. The lowest BCUT2D eigenvalue weighted by Crippen LogP contribution is -2.49. The molecule has 1 aliphatic rings. The minimum Gasteiger partial charge on any atom is -0.366 e. The minimum atomic E-state index is 0.0588. The molecule has 0 bridgehead atoms. The van der Waals surface area contributed by atoms with Crippen molar-refractivity contribution in [2.45, 2.75) is 13.5 Å². The lowest BCUT2D eigenvalue weighted by Gasteiger charge is -2.35. The van der Waals surface area contributed by atoms with E-state index in [-0.39, 0.29) is 5.91 Å². The van der Waals surface area contributed by atoms with E-state index in [2.05, 4.69) is 30.2 Å². The summed E-state index contributed by atoms with van der Waals surface area (Å²) in [6.45, 7) is 5.28. The third-order valence-electron chi connectivity index (χ3n) is 4.86. The number of rotatable bonds is 5. The van der Waals surface area contributed by atoms with Gasteiger partial charge < -0.3 is 15.1 Å². The number of amides is 1. The summed E-state index contributed by atoms with van der Waals surface area (Å²) in [6.07, 6.45) is 6.84. The average molecular weight is 389 g/mol. The second kappa shape index (κ2) is 8.64. The van der Waals surface area contributed by atoms with E-state index in [1.807, 2.05) is 42.2 Å².